The van der Waals surface area contributed by atoms with Crippen LogP contribution in [0.15, 0.2) is 27.3 Å². The van der Waals surface area contributed by atoms with Crippen molar-refractivity contribution in [2.45, 2.75) is 59.8 Å². The van der Waals surface area contributed by atoms with Gasteiger partial charge in [-0.05, 0) is 91.2 Å². The number of halogens is 2. The lowest BCUT2D eigenvalue weighted by Crippen LogP contribution is -2.05. The Morgan fingerprint density at radius 3 is 2.22 bits per heavy atom. The minimum Gasteiger partial charge on any atom is -0.493 e. The van der Waals surface area contributed by atoms with Crippen LogP contribution in [0.5, 0.6) is 11.5 Å². The maximum Gasteiger partial charge on any atom is 0.125 e. The molecule has 0 spiro atoms. The lowest BCUT2D eigenvalue weighted by molar-refractivity contribution is 0.138. The highest BCUT2D eigenvalue weighted by atomic mass is 79.9. The molecule has 1 aromatic rings. The van der Waals surface area contributed by atoms with Crippen molar-refractivity contribution in [2.24, 2.45) is 5.16 Å². The van der Waals surface area contributed by atoms with Crippen molar-refractivity contribution in [1.82, 2.24) is 0 Å². The van der Waals surface area contributed by atoms with Crippen LogP contribution in [0, 0.1) is 0 Å². The molecule has 0 aromatic heterocycles. The molecule has 0 aliphatic heterocycles. The highest BCUT2D eigenvalue weighted by Gasteiger charge is 2.11. The fourth-order valence-corrected chi connectivity index (χ4v) is 2.71. The first kappa shape index (κ1) is 23.8. The predicted octanol–water partition coefficient (Wildman–Crippen LogP) is 6.63. The van der Waals surface area contributed by atoms with Gasteiger partial charge in [0.1, 0.15) is 24.7 Å². The summed E-state index contributed by atoms with van der Waals surface area (Å²) in [7, 11) is 0. The van der Waals surface area contributed by atoms with Crippen LogP contribution in [-0.2, 0) is 17.7 Å². The third-order valence-electron chi connectivity index (χ3n) is 3.84. The van der Waals surface area contributed by atoms with Gasteiger partial charge in [-0.3, -0.25) is 0 Å². The molecule has 0 radical (unpaired) electrons. The number of benzene rings is 1. The second kappa shape index (κ2) is 13.9. The second-order valence-electron chi connectivity index (χ2n) is 6.36. The molecule has 0 unspecified atom stereocenters. The molecule has 1 rings (SSSR count). The van der Waals surface area contributed by atoms with E-state index in [0.717, 1.165) is 49.3 Å². The summed E-state index contributed by atoms with van der Waals surface area (Å²) in [5, 5.41) is 3.93. The Morgan fingerprint density at radius 2 is 1.67 bits per heavy atom. The van der Waals surface area contributed by atoms with Gasteiger partial charge in [-0.25, -0.2) is 0 Å². The van der Waals surface area contributed by atoms with Gasteiger partial charge in [0.2, 0.25) is 0 Å². The summed E-state index contributed by atoms with van der Waals surface area (Å²) in [6, 6.07) is 4.12. The van der Waals surface area contributed by atoms with Crippen LogP contribution in [0.3, 0.4) is 0 Å². The Bertz CT molecular complexity index is 599. The van der Waals surface area contributed by atoms with Crippen LogP contribution in [0.2, 0.25) is 0 Å². The summed E-state index contributed by atoms with van der Waals surface area (Å²) in [5.74, 6) is 1.85. The average molecular weight is 461 g/mol. The van der Waals surface area contributed by atoms with Crippen molar-refractivity contribution in [3.8, 4) is 11.5 Å². The van der Waals surface area contributed by atoms with Gasteiger partial charge in [0.15, 0.2) is 0 Å². The summed E-state index contributed by atoms with van der Waals surface area (Å²) < 4.78 is 12.5. The molecule has 1 aromatic carbocycles. The van der Waals surface area contributed by atoms with Crippen LogP contribution >= 0.6 is 27.5 Å². The third kappa shape index (κ3) is 10.1. The molecular formula is C21H31BrClNO3. The first-order chi connectivity index (χ1) is 13.0. The van der Waals surface area contributed by atoms with Gasteiger partial charge in [0, 0.05) is 0 Å². The van der Waals surface area contributed by atoms with Gasteiger partial charge in [-0.15, -0.1) is 0 Å². The summed E-state index contributed by atoms with van der Waals surface area (Å²) in [6.07, 6.45) is 6.62. The predicted molar refractivity (Wildman–Crippen MR) is 118 cm³/mol. The first-order valence-electron chi connectivity index (χ1n) is 9.53. The van der Waals surface area contributed by atoms with Crippen molar-refractivity contribution in [3.63, 3.8) is 0 Å². The Hall–Kier alpha value is -1.20. The SMILES string of the molecule is CCc1cc(OC/C=C(\Cl)Br)cc(CC)c1OCCCCCON=C(C)C. The van der Waals surface area contributed by atoms with Gasteiger partial charge in [0.25, 0.3) is 0 Å². The number of hydrogen-bond acceptors (Lipinski definition) is 4. The molecule has 6 heteroatoms. The topological polar surface area (TPSA) is 40.0 Å². The molecule has 0 fully saturated rings. The number of nitrogens with zero attached hydrogens (tertiary/aromatic N) is 1. The smallest absolute Gasteiger partial charge is 0.125 e. The van der Waals surface area contributed by atoms with Gasteiger partial charge < -0.3 is 14.3 Å². The fraction of sp³-hybridized carbons (Fsp3) is 0.571. The third-order valence-corrected chi connectivity index (χ3v) is 4.32. The summed E-state index contributed by atoms with van der Waals surface area (Å²) in [4.78, 5) is 5.21. The zero-order valence-electron chi connectivity index (χ0n) is 16.8. The van der Waals surface area contributed by atoms with Crippen molar-refractivity contribution >= 4 is 33.2 Å². The maximum atomic E-state index is 6.13. The zero-order valence-corrected chi connectivity index (χ0v) is 19.2. The summed E-state index contributed by atoms with van der Waals surface area (Å²) >= 11 is 8.96. The van der Waals surface area contributed by atoms with E-state index in [1.54, 1.807) is 6.08 Å². The van der Waals surface area contributed by atoms with E-state index in [2.05, 4.69) is 47.1 Å². The number of oxime groups is 1. The standard InChI is InChI=1S/C21H31BrClNO3/c1-5-17-14-19(25-13-10-20(22)23)15-18(6-2)21(17)26-11-8-7-9-12-27-24-16(3)4/h10,14-15H,5-9,11-13H2,1-4H3/b20-10-. The van der Waals surface area contributed by atoms with E-state index in [4.69, 9.17) is 25.9 Å². The minimum atomic E-state index is 0.431. The van der Waals surface area contributed by atoms with E-state index in [9.17, 15) is 0 Å². The van der Waals surface area contributed by atoms with Crippen LogP contribution in [0.25, 0.3) is 0 Å². The van der Waals surface area contributed by atoms with E-state index in [1.165, 1.54) is 11.1 Å². The van der Waals surface area contributed by atoms with E-state index in [0.29, 0.717) is 23.8 Å². The second-order valence-corrected chi connectivity index (χ2v) is 8.08. The van der Waals surface area contributed by atoms with Crippen molar-refractivity contribution in [1.29, 1.82) is 0 Å². The number of rotatable bonds is 13. The van der Waals surface area contributed by atoms with E-state index in [-0.39, 0.29) is 0 Å². The Labute approximate surface area is 177 Å². The van der Waals surface area contributed by atoms with E-state index in [1.807, 2.05) is 13.8 Å². The van der Waals surface area contributed by atoms with Crippen molar-refractivity contribution < 1.29 is 14.3 Å². The van der Waals surface area contributed by atoms with E-state index >= 15 is 0 Å². The molecular weight excluding hydrogens is 430 g/mol. The maximum absolute atomic E-state index is 6.13. The lowest BCUT2D eigenvalue weighted by atomic mass is 10.0. The molecule has 0 atom stereocenters. The van der Waals surface area contributed by atoms with Crippen LogP contribution < -0.4 is 9.47 Å². The van der Waals surface area contributed by atoms with Crippen LogP contribution in [-0.4, -0.2) is 25.5 Å². The molecule has 152 valence electrons. The quantitative estimate of drug-likeness (QED) is 0.188. The zero-order chi connectivity index (χ0) is 20.1. The molecule has 0 saturated carbocycles. The molecule has 27 heavy (non-hydrogen) atoms. The molecule has 0 N–H and O–H groups in total. The highest BCUT2D eigenvalue weighted by molar-refractivity contribution is 9.12. The Morgan fingerprint density at radius 1 is 1.04 bits per heavy atom. The Balaban J connectivity index is 2.55. The number of unbranched alkanes of at least 4 members (excludes halogenated alkanes) is 2. The number of ether oxygens (including phenoxy) is 2. The molecule has 4 nitrogen and oxygen atoms in total. The number of hydrogen-bond donors (Lipinski definition) is 0. The van der Waals surface area contributed by atoms with Crippen LogP contribution in [0.1, 0.15) is 58.1 Å². The molecule has 0 heterocycles. The van der Waals surface area contributed by atoms with E-state index < -0.39 is 0 Å². The normalized spacial score (nSPS) is 11.3. The lowest BCUT2D eigenvalue weighted by Gasteiger charge is -2.17. The van der Waals surface area contributed by atoms with Gasteiger partial charge in [-0.1, -0.05) is 30.6 Å². The fourth-order valence-electron chi connectivity index (χ4n) is 2.51. The highest BCUT2D eigenvalue weighted by Crippen LogP contribution is 2.31. The summed E-state index contributed by atoms with van der Waals surface area (Å²) in [5.41, 5.74) is 3.29. The molecule has 0 amide bonds. The molecule has 0 aliphatic rings. The number of aryl methyl sites for hydroxylation is 2. The van der Waals surface area contributed by atoms with Gasteiger partial charge in [-0.2, -0.15) is 0 Å². The molecule has 0 saturated heterocycles. The van der Waals surface area contributed by atoms with Gasteiger partial charge >= 0.3 is 0 Å². The largest absolute Gasteiger partial charge is 0.493 e. The monoisotopic (exact) mass is 459 g/mol. The Kier molecular flexibility index (Phi) is 12.3. The summed E-state index contributed by atoms with van der Waals surface area (Å²) in [6.45, 7) is 9.91. The molecule has 0 aliphatic carbocycles. The van der Waals surface area contributed by atoms with Crippen LogP contribution in [0.4, 0.5) is 0 Å². The first-order valence-corrected chi connectivity index (χ1v) is 10.7. The average Bonchev–Trinajstić information content (AvgIpc) is 2.63. The van der Waals surface area contributed by atoms with Gasteiger partial charge in [0.05, 0.1) is 16.3 Å². The van der Waals surface area contributed by atoms with Crippen molar-refractivity contribution in [3.05, 3.63) is 33.3 Å². The molecule has 0 bridgehead atoms. The van der Waals surface area contributed by atoms with Crippen molar-refractivity contribution in [2.75, 3.05) is 19.8 Å². The minimum absolute atomic E-state index is 0.431.